The molecular weight excluding hydrogens is 112 g/mol. The molecule has 0 aliphatic carbocycles. The molecule has 0 saturated heterocycles. The van der Waals surface area contributed by atoms with E-state index in [1.807, 2.05) is 13.1 Å². The summed E-state index contributed by atoms with van der Waals surface area (Å²) in [6, 6.07) is 0. The highest BCUT2D eigenvalue weighted by molar-refractivity contribution is 4.79. The Morgan fingerprint density at radius 1 is 1.67 bits per heavy atom. The predicted octanol–water partition coefficient (Wildman–Crippen LogP) is 1.19. The lowest BCUT2D eigenvalue weighted by atomic mass is 10.3. The zero-order valence-electron chi connectivity index (χ0n) is 6.22. The monoisotopic (exact) mass is 128 g/mol. The maximum atomic E-state index is 5.41. The highest BCUT2D eigenvalue weighted by Gasteiger charge is 1.81. The molecule has 0 spiro atoms. The van der Waals surface area contributed by atoms with Gasteiger partial charge in [0.1, 0.15) is 0 Å². The summed E-state index contributed by atoms with van der Waals surface area (Å²) in [5.41, 5.74) is 5.41. The number of hydrogen-bond acceptors (Lipinski definition) is 2. The Morgan fingerprint density at radius 2 is 2.33 bits per heavy atom. The third kappa shape index (κ3) is 7.50. The summed E-state index contributed by atoms with van der Waals surface area (Å²) < 4.78 is 0. The van der Waals surface area contributed by atoms with Crippen LogP contribution in [0.15, 0.2) is 12.3 Å². The smallest absolute Gasteiger partial charge is 0.0709 e. The number of unbranched alkanes of at least 4 members (excludes halogenated alkanes) is 1. The molecule has 54 valence electrons. The topological polar surface area (TPSA) is 38.0 Å². The van der Waals surface area contributed by atoms with Gasteiger partial charge in [-0.3, -0.25) is 0 Å². The fourth-order valence-electron chi connectivity index (χ4n) is 0.470. The Morgan fingerprint density at radius 3 is 2.78 bits per heavy atom. The molecule has 1 atom stereocenters. The van der Waals surface area contributed by atoms with E-state index in [1.54, 1.807) is 0 Å². The van der Waals surface area contributed by atoms with Crippen molar-refractivity contribution >= 4 is 0 Å². The van der Waals surface area contributed by atoms with Crippen molar-refractivity contribution in [1.29, 1.82) is 0 Å². The summed E-state index contributed by atoms with van der Waals surface area (Å²) in [5, 5.41) is 2.98. The second-order valence-corrected chi connectivity index (χ2v) is 2.15. The number of nitrogens with one attached hydrogen (secondary N) is 1. The third-order valence-corrected chi connectivity index (χ3v) is 0.932. The van der Waals surface area contributed by atoms with Crippen molar-refractivity contribution in [1.82, 2.24) is 5.32 Å². The molecule has 0 fully saturated rings. The van der Waals surface area contributed by atoms with Crippen molar-refractivity contribution in [3.05, 3.63) is 12.3 Å². The predicted molar refractivity (Wildman–Crippen MR) is 40.8 cm³/mol. The fraction of sp³-hybridized carbons (Fsp3) is 0.714. The van der Waals surface area contributed by atoms with E-state index in [2.05, 4.69) is 18.3 Å². The lowest BCUT2D eigenvalue weighted by molar-refractivity contribution is 0.668. The van der Waals surface area contributed by atoms with Gasteiger partial charge in [-0.25, -0.2) is 0 Å². The van der Waals surface area contributed by atoms with Crippen LogP contribution in [0, 0.1) is 0 Å². The fourth-order valence-corrected chi connectivity index (χ4v) is 0.470. The van der Waals surface area contributed by atoms with E-state index in [1.165, 1.54) is 6.42 Å². The zero-order chi connectivity index (χ0) is 7.11. The van der Waals surface area contributed by atoms with Crippen LogP contribution in [0.5, 0.6) is 0 Å². The van der Waals surface area contributed by atoms with Crippen molar-refractivity contribution < 1.29 is 0 Å². The van der Waals surface area contributed by atoms with Crippen molar-refractivity contribution in [3.8, 4) is 0 Å². The minimum absolute atomic E-state index is 0.0677. The van der Waals surface area contributed by atoms with Gasteiger partial charge in [-0.05, 0) is 19.5 Å². The summed E-state index contributed by atoms with van der Waals surface area (Å²) in [6.45, 7) is 4.06. The molecule has 0 radical (unpaired) electrons. The molecule has 0 saturated carbocycles. The third-order valence-electron chi connectivity index (χ3n) is 0.932. The Balaban J connectivity index is 3.04. The Bertz CT molecular complexity index is 77.0. The number of nitrogens with two attached hydrogens (primary N) is 1. The van der Waals surface area contributed by atoms with Crippen LogP contribution in [-0.2, 0) is 0 Å². The van der Waals surface area contributed by atoms with Crippen molar-refractivity contribution in [3.63, 3.8) is 0 Å². The van der Waals surface area contributed by atoms with E-state index in [0.717, 1.165) is 6.42 Å². The van der Waals surface area contributed by atoms with E-state index < -0.39 is 0 Å². The van der Waals surface area contributed by atoms with Gasteiger partial charge in [-0.2, -0.15) is 0 Å². The first kappa shape index (κ1) is 8.50. The summed E-state index contributed by atoms with van der Waals surface area (Å²) in [4.78, 5) is 0. The lowest BCUT2D eigenvalue weighted by Gasteiger charge is -2.01. The van der Waals surface area contributed by atoms with Gasteiger partial charge in [0.2, 0.25) is 0 Å². The van der Waals surface area contributed by atoms with Gasteiger partial charge in [-0.15, -0.1) is 0 Å². The average Bonchev–Trinajstić information content (AvgIpc) is 1.80. The molecule has 1 unspecified atom stereocenters. The highest BCUT2D eigenvalue weighted by atomic mass is 15.0. The van der Waals surface area contributed by atoms with Crippen LogP contribution in [0.25, 0.3) is 0 Å². The molecular formula is C7H16N2. The molecule has 0 aromatic heterocycles. The van der Waals surface area contributed by atoms with Crippen LogP contribution in [0.4, 0.5) is 0 Å². The molecule has 0 bridgehead atoms. The highest BCUT2D eigenvalue weighted by Crippen LogP contribution is 1.85. The minimum Gasteiger partial charge on any atom is -0.376 e. The molecule has 0 aromatic carbocycles. The van der Waals surface area contributed by atoms with Crippen LogP contribution in [0.3, 0.4) is 0 Å². The molecule has 2 nitrogen and oxygen atoms in total. The molecule has 0 rings (SSSR count). The van der Waals surface area contributed by atoms with E-state index in [9.17, 15) is 0 Å². The quantitative estimate of drug-likeness (QED) is 0.558. The van der Waals surface area contributed by atoms with Crippen LogP contribution in [-0.4, -0.2) is 6.17 Å². The van der Waals surface area contributed by atoms with Crippen molar-refractivity contribution in [2.24, 2.45) is 5.73 Å². The lowest BCUT2D eigenvalue weighted by Crippen LogP contribution is -2.29. The molecule has 0 aliphatic rings. The van der Waals surface area contributed by atoms with Gasteiger partial charge < -0.3 is 11.1 Å². The van der Waals surface area contributed by atoms with Gasteiger partial charge >= 0.3 is 0 Å². The summed E-state index contributed by atoms with van der Waals surface area (Å²) >= 11 is 0. The second-order valence-electron chi connectivity index (χ2n) is 2.15. The van der Waals surface area contributed by atoms with E-state index in [4.69, 9.17) is 5.73 Å². The normalized spacial score (nSPS) is 14.1. The van der Waals surface area contributed by atoms with E-state index in [-0.39, 0.29) is 6.17 Å². The molecule has 9 heavy (non-hydrogen) atoms. The van der Waals surface area contributed by atoms with Crippen molar-refractivity contribution in [2.45, 2.75) is 32.9 Å². The number of rotatable bonds is 4. The van der Waals surface area contributed by atoms with Crippen molar-refractivity contribution in [2.75, 3.05) is 0 Å². The Labute approximate surface area is 57.1 Å². The van der Waals surface area contributed by atoms with E-state index >= 15 is 0 Å². The van der Waals surface area contributed by atoms with Crippen LogP contribution in [0.1, 0.15) is 26.7 Å². The van der Waals surface area contributed by atoms with Gasteiger partial charge in [-0.1, -0.05) is 19.4 Å². The first-order valence-electron chi connectivity index (χ1n) is 3.44. The summed E-state index contributed by atoms with van der Waals surface area (Å²) in [7, 11) is 0. The number of allylic oxidation sites excluding steroid dienone is 1. The molecule has 0 amide bonds. The largest absolute Gasteiger partial charge is 0.376 e. The van der Waals surface area contributed by atoms with Gasteiger partial charge in [0, 0.05) is 0 Å². The number of hydrogen-bond donors (Lipinski definition) is 2. The molecule has 0 aromatic rings. The second kappa shape index (κ2) is 5.63. The SMILES string of the molecule is CCCC=CNC(C)N. The van der Waals surface area contributed by atoms with Crippen LogP contribution in [0.2, 0.25) is 0 Å². The molecule has 0 aliphatic heterocycles. The van der Waals surface area contributed by atoms with Crippen LogP contribution < -0.4 is 11.1 Å². The maximum absolute atomic E-state index is 5.41. The van der Waals surface area contributed by atoms with Gasteiger partial charge in [0.05, 0.1) is 6.17 Å². The van der Waals surface area contributed by atoms with Crippen LogP contribution >= 0.6 is 0 Å². The average molecular weight is 128 g/mol. The van der Waals surface area contributed by atoms with Gasteiger partial charge in [0.15, 0.2) is 0 Å². The Hall–Kier alpha value is -0.500. The molecule has 3 N–H and O–H groups in total. The van der Waals surface area contributed by atoms with Gasteiger partial charge in [0.25, 0.3) is 0 Å². The molecule has 2 heteroatoms. The first-order chi connectivity index (χ1) is 4.27. The first-order valence-corrected chi connectivity index (χ1v) is 3.44. The zero-order valence-corrected chi connectivity index (χ0v) is 6.22. The summed E-state index contributed by atoms with van der Waals surface area (Å²) in [6.07, 6.45) is 6.38. The molecule has 0 heterocycles. The maximum Gasteiger partial charge on any atom is 0.0709 e. The summed E-state index contributed by atoms with van der Waals surface area (Å²) in [5.74, 6) is 0. The Kier molecular flexibility index (Phi) is 5.32. The van der Waals surface area contributed by atoms with E-state index in [0.29, 0.717) is 0 Å². The standard InChI is InChI=1S/C7H16N2/c1-3-4-5-6-9-7(2)8/h5-7,9H,3-4,8H2,1-2H3. The minimum atomic E-state index is 0.0677.